The number of hydrogen-bond donors (Lipinski definition) is 0. The third kappa shape index (κ3) is 4.38. The lowest BCUT2D eigenvalue weighted by Crippen LogP contribution is -2.40. The predicted molar refractivity (Wildman–Crippen MR) is 131 cm³/mol. The van der Waals surface area contributed by atoms with Crippen LogP contribution in [0, 0.1) is 11.7 Å². The molecule has 2 aromatic carbocycles. The van der Waals surface area contributed by atoms with Crippen LogP contribution in [0.1, 0.15) is 55.6 Å². The molecule has 0 bridgehead atoms. The Kier molecular flexibility index (Phi) is 6.23. The van der Waals surface area contributed by atoms with Crippen LogP contribution in [-0.4, -0.2) is 36.9 Å². The summed E-state index contributed by atoms with van der Waals surface area (Å²) in [6.07, 6.45) is 8.35. The number of halogens is 1. The van der Waals surface area contributed by atoms with Gasteiger partial charge in [-0.15, -0.1) is 0 Å². The first-order chi connectivity index (χ1) is 16.3. The standard InChI is InChI=1S/C27H31FN2O3S/c1-29-17-23(20-12-14-30(15-13-20)27(31)21-6-2-3-7-21)22-16-19(10-11-25(22)29)18-34(32,33)26-9-5-4-8-24(26)28/h4-5,8-11,16-17,20-21H,2-3,6-7,12-15,18H2,1H3. The number of likely N-dealkylation sites (tertiary alicyclic amines) is 1. The van der Waals surface area contributed by atoms with Crippen LogP contribution in [0.2, 0.25) is 0 Å². The van der Waals surface area contributed by atoms with E-state index in [-0.39, 0.29) is 16.6 Å². The third-order valence-electron chi connectivity index (χ3n) is 7.56. The van der Waals surface area contributed by atoms with E-state index in [1.807, 2.05) is 30.1 Å². The summed E-state index contributed by atoms with van der Waals surface area (Å²) in [4.78, 5) is 14.6. The molecule has 0 atom stereocenters. The number of aryl methyl sites for hydroxylation is 1. The molecule has 7 heteroatoms. The number of carbonyl (C=O) groups is 1. The second-order valence-corrected chi connectivity index (χ2v) is 11.8. The van der Waals surface area contributed by atoms with Gasteiger partial charge in [-0.3, -0.25) is 4.79 Å². The van der Waals surface area contributed by atoms with Gasteiger partial charge in [0.05, 0.1) is 5.75 Å². The molecule has 1 aliphatic heterocycles. The molecule has 34 heavy (non-hydrogen) atoms. The molecule has 0 unspecified atom stereocenters. The number of piperidine rings is 1. The van der Waals surface area contributed by atoms with Crippen molar-refractivity contribution in [3.8, 4) is 0 Å². The van der Waals surface area contributed by atoms with Crippen molar-refractivity contribution < 1.29 is 17.6 Å². The minimum Gasteiger partial charge on any atom is -0.350 e. The number of carbonyl (C=O) groups excluding carboxylic acids is 1. The summed E-state index contributed by atoms with van der Waals surface area (Å²) in [5, 5.41) is 1.05. The fraction of sp³-hybridized carbons (Fsp3) is 0.444. The summed E-state index contributed by atoms with van der Waals surface area (Å²) in [5.41, 5.74) is 2.90. The number of rotatable bonds is 5. The highest BCUT2D eigenvalue weighted by Crippen LogP contribution is 2.36. The molecule has 180 valence electrons. The number of sulfone groups is 1. The molecule has 0 spiro atoms. The Hall–Kier alpha value is -2.67. The van der Waals surface area contributed by atoms with Gasteiger partial charge >= 0.3 is 0 Å². The van der Waals surface area contributed by atoms with Gasteiger partial charge in [0.15, 0.2) is 9.84 Å². The Morgan fingerprint density at radius 1 is 1.03 bits per heavy atom. The van der Waals surface area contributed by atoms with Gasteiger partial charge in [0, 0.05) is 43.2 Å². The van der Waals surface area contributed by atoms with E-state index in [2.05, 4.69) is 10.8 Å². The third-order valence-corrected chi connectivity index (χ3v) is 9.28. The van der Waals surface area contributed by atoms with Crippen LogP contribution < -0.4 is 0 Å². The maximum Gasteiger partial charge on any atom is 0.225 e. The molecule has 2 fully saturated rings. The van der Waals surface area contributed by atoms with Gasteiger partial charge in [-0.2, -0.15) is 0 Å². The Morgan fingerprint density at radius 2 is 1.74 bits per heavy atom. The van der Waals surface area contributed by atoms with E-state index < -0.39 is 15.7 Å². The molecular weight excluding hydrogens is 451 g/mol. The van der Waals surface area contributed by atoms with Crippen molar-refractivity contribution in [2.24, 2.45) is 13.0 Å². The largest absolute Gasteiger partial charge is 0.350 e. The maximum atomic E-state index is 14.1. The van der Waals surface area contributed by atoms with E-state index in [1.165, 1.54) is 29.8 Å². The molecule has 1 aromatic heterocycles. The van der Waals surface area contributed by atoms with Gasteiger partial charge in [0.1, 0.15) is 10.7 Å². The van der Waals surface area contributed by atoms with E-state index in [0.29, 0.717) is 17.4 Å². The van der Waals surface area contributed by atoms with Crippen molar-refractivity contribution in [3.63, 3.8) is 0 Å². The van der Waals surface area contributed by atoms with Crippen molar-refractivity contribution in [2.75, 3.05) is 13.1 Å². The van der Waals surface area contributed by atoms with Crippen molar-refractivity contribution in [1.29, 1.82) is 0 Å². The fourth-order valence-electron chi connectivity index (χ4n) is 5.72. The summed E-state index contributed by atoms with van der Waals surface area (Å²) in [7, 11) is -1.79. The molecule has 1 saturated carbocycles. The summed E-state index contributed by atoms with van der Waals surface area (Å²) >= 11 is 0. The zero-order chi connectivity index (χ0) is 23.9. The SMILES string of the molecule is Cn1cc(C2CCN(C(=O)C3CCCC3)CC2)c2cc(CS(=O)(=O)c3ccccc3F)ccc21. The molecular formula is C27H31FN2O3S. The van der Waals surface area contributed by atoms with Crippen molar-refractivity contribution in [3.05, 3.63) is 65.6 Å². The topological polar surface area (TPSA) is 59.4 Å². The molecule has 2 aliphatic rings. The number of fused-ring (bicyclic) bond motifs is 1. The van der Waals surface area contributed by atoms with Crippen LogP contribution in [0.15, 0.2) is 53.6 Å². The average molecular weight is 483 g/mol. The molecule has 0 N–H and O–H groups in total. The number of aromatic nitrogens is 1. The van der Waals surface area contributed by atoms with Gasteiger partial charge < -0.3 is 9.47 Å². The first-order valence-electron chi connectivity index (χ1n) is 12.2. The Labute approximate surface area is 200 Å². The highest BCUT2D eigenvalue weighted by molar-refractivity contribution is 7.90. The molecule has 5 rings (SSSR count). The summed E-state index contributed by atoms with van der Waals surface area (Å²) in [5.74, 6) is -0.0905. The number of amides is 1. The van der Waals surface area contributed by atoms with Crippen molar-refractivity contribution in [1.82, 2.24) is 9.47 Å². The van der Waals surface area contributed by atoms with E-state index in [0.717, 1.165) is 62.5 Å². The zero-order valence-corrected chi connectivity index (χ0v) is 20.4. The lowest BCUT2D eigenvalue weighted by atomic mass is 9.88. The Morgan fingerprint density at radius 3 is 2.44 bits per heavy atom. The average Bonchev–Trinajstić information content (AvgIpc) is 3.47. The minimum atomic E-state index is -3.79. The van der Waals surface area contributed by atoms with Crippen LogP contribution in [-0.2, 0) is 27.4 Å². The molecule has 1 saturated heterocycles. The summed E-state index contributed by atoms with van der Waals surface area (Å²) < 4.78 is 42.0. The number of hydrogen-bond acceptors (Lipinski definition) is 3. The van der Waals surface area contributed by atoms with Gasteiger partial charge in [-0.05, 0) is 67.0 Å². The molecule has 5 nitrogen and oxygen atoms in total. The Bertz CT molecular complexity index is 1320. The predicted octanol–water partition coefficient (Wildman–Crippen LogP) is 5.19. The molecule has 2 heterocycles. The van der Waals surface area contributed by atoms with Gasteiger partial charge in [-0.25, -0.2) is 12.8 Å². The van der Waals surface area contributed by atoms with E-state index in [4.69, 9.17) is 0 Å². The van der Waals surface area contributed by atoms with E-state index in [1.54, 1.807) is 0 Å². The van der Waals surface area contributed by atoms with Gasteiger partial charge in [-0.1, -0.05) is 31.0 Å². The molecule has 0 radical (unpaired) electrons. The second-order valence-electron chi connectivity index (χ2n) is 9.82. The summed E-state index contributed by atoms with van der Waals surface area (Å²) in [6.45, 7) is 1.55. The normalized spacial score (nSPS) is 18.1. The van der Waals surface area contributed by atoms with Crippen LogP contribution >= 0.6 is 0 Å². The first-order valence-corrected chi connectivity index (χ1v) is 13.8. The van der Waals surface area contributed by atoms with E-state index in [9.17, 15) is 17.6 Å². The maximum absolute atomic E-state index is 14.1. The lowest BCUT2D eigenvalue weighted by Gasteiger charge is -2.33. The second kappa shape index (κ2) is 9.17. The van der Waals surface area contributed by atoms with Crippen LogP contribution in [0.5, 0.6) is 0 Å². The fourth-order valence-corrected chi connectivity index (χ4v) is 7.15. The number of benzene rings is 2. The molecule has 3 aromatic rings. The number of nitrogens with zero attached hydrogens (tertiary/aromatic N) is 2. The van der Waals surface area contributed by atoms with Crippen LogP contribution in [0.4, 0.5) is 4.39 Å². The highest BCUT2D eigenvalue weighted by Gasteiger charge is 2.31. The highest BCUT2D eigenvalue weighted by atomic mass is 32.2. The minimum absolute atomic E-state index is 0.216. The van der Waals surface area contributed by atoms with Gasteiger partial charge in [0.2, 0.25) is 5.91 Å². The van der Waals surface area contributed by atoms with Crippen LogP contribution in [0.25, 0.3) is 10.9 Å². The van der Waals surface area contributed by atoms with Crippen molar-refractivity contribution >= 4 is 26.6 Å². The first kappa shape index (κ1) is 23.1. The van der Waals surface area contributed by atoms with E-state index >= 15 is 0 Å². The quantitative estimate of drug-likeness (QED) is 0.503. The van der Waals surface area contributed by atoms with Gasteiger partial charge in [0.25, 0.3) is 0 Å². The smallest absolute Gasteiger partial charge is 0.225 e. The molecule has 1 amide bonds. The van der Waals surface area contributed by atoms with Crippen LogP contribution in [0.3, 0.4) is 0 Å². The zero-order valence-electron chi connectivity index (χ0n) is 19.5. The Balaban J connectivity index is 1.36. The molecule has 1 aliphatic carbocycles. The monoisotopic (exact) mass is 482 g/mol. The summed E-state index contributed by atoms with van der Waals surface area (Å²) in [6, 6.07) is 11.2. The van der Waals surface area contributed by atoms with Crippen molar-refractivity contribution in [2.45, 2.75) is 55.1 Å². The lowest BCUT2D eigenvalue weighted by molar-refractivity contribution is -0.136.